The van der Waals surface area contributed by atoms with Crippen LogP contribution >= 0.6 is 0 Å². The molecule has 0 saturated carbocycles. The Hall–Kier alpha value is -4.00. The minimum absolute atomic E-state index is 0.166. The molecule has 1 N–H and O–H groups in total. The quantitative estimate of drug-likeness (QED) is 0.442. The molecule has 7 heteroatoms. The normalized spacial score (nSPS) is 10.7. The molecule has 0 aliphatic rings. The number of aryl methyl sites for hydroxylation is 1. The summed E-state index contributed by atoms with van der Waals surface area (Å²) in [5.74, 6) is 1.29. The highest BCUT2D eigenvalue weighted by Crippen LogP contribution is 2.25. The third-order valence-corrected chi connectivity index (χ3v) is 5.23. The molecule has 32 heavy (non-hydrogen) atoms. The van der Waals surface area contributed by atoms with Gasteiger partial charge in [0.15, 0.2) is 0 Å². The van der Waals surface area contributed by atoms with Crippen molar-refractivity contribution in [2.75, 3.05) is 19.0 Å². The zero-order chi connectivity index (χ0) is 22.5. The molecule has 4 aromatic rings. The van der Waals surface area contributed by atoms with Crippen LogP contribution in [0.4, 0.5) is 5.69 Å². The molecule has 0 fully saturated rings. The second-order valence-electron chi connectivity index (χ2n) is 7.42. The lowest BCUT2D eigenvalue weighted by Gasteiger charge is -2.12. The molecule has 0 radical (unpaired) electrons. The molecule has 0 bridgehead atoms. The van der Waals surface area contributed by atoms with E-state index in [2.05, 4.69) is 10.4 Å². The van der Waals surface area contributed by atoms with Crippen molar-refractivity contribution in [3.05, 3.63) is 90.0 Å². The molecular weight excluding hydrogens is 404 g/mol. The fourth-order valence-corrected chi connectivity index (χ4v) is 3.69. The second-order valence-corrected chi connectivity index (χ2v) is 7.42. The number of benzene rings is 2. The van der Waals surface area contributed by atoms with Gasteiger partial charge in [0.2, 0.25) is 0 Å². The molecule has 1 amide bonds. The summed E-state index contributed by atoms with van der Waals surface area (Å²) in [6, 6.07) is 18.9. The van der Waals surface area contributed by atoms with Gasteiger partial charge in [0.1, 0.15) is 18.1 Å². The number of amides is 1. The van der Waals surface area contributed by atoms with Gasteiger partial charge < -0.3 is 19.4 Å². The summed E-state index contributed by atoms with van der Waals surface area (Å²) in [4.78, 5) is 13.0. The highest BCUT2D eigenvalue weighted by Gasteiger charge is 2.17. The SMILES string of the molecule is COc1cccc(-n2c(C)cc(C(=O)Nc3cccc(OCCn4cccn4)c3)c2C)c1. The van der Waals surface area contributed by atoms with E-state index in [4.69, 9.17) is 9.47 Å². The van der Waals surface area contributed by atoms with Gasteiger partial charge in [-0.2, -0.15) is 5.10 Å². The zero-order valence-corrected chi connectivity index (χ0v) is 18.4. The number of hydrogen-bond donors (Lipinski definition) is 1. The Kier molecular flexibility index (Phi) is 6.26. The van der Waals surface area contributed by atoms with Crippen molar-refractivity contribution in [1.82, 2.24) is 14.3 Å². The van der Waals surface area contributed by atoms with Gasteiger partial charge in [-0.1, -0.05) is 12.1 Å². The second kappa shape index (κ2) is 9.43. The molecular formula is C25H26N4O3. The zero-order valence-electron chi connectivity index (χ0n) is 18.4. The molecule has 164 valence electrons. The van der Waals surface area contributed by atoms with Gasteiger partial charge in [-0.3, -0.25) is 9.48 Å². The first-order chi connectivity index (χ1) is 15.5. The predicted molar refractivity (Wildman–Crippen MR) is 124 cm³/mol. The summed E-state index contributed by atoms with van der Waals surface area (Å²) in [5.41, 5.74) is 4.08. The maximum absolute atomic E-state index is 13.0. The van der Waals surface area contributed by atoms with Crippen LogP contribution in [0, 0.1) is 13.8 Å². The Morgan fingerprint density at radius 2 is 1.84 bits per heavy atom. The van der Waals surface area contributed by atoms with E-state index >= 15 is 0 Å². The number of ether oxygens (including phenoxy) is 2. The van der Waals surface area contributed by atoms with Crippen LogP contribution in [0.3, 0.4) is 0 Å². The number of methoxy groups -OCH3 is 1. The van der Waals surface area contributed by atoms with Crippen molar-refractivity contribution >= 4 is 11.6 Å². The van der Waals surface area contributed by atoms with Gasteiger partial charge in [-0.15, -0.1) is 0 Å². The van der Waals surface area contributed by atoms with E-state index in [9.17, 15) is 4.79 Å². The van der Waals surface area contributed by atoms with Crippen molar-refractivity contribution < 1.29 is 14.3 Å². The molecule has 0 atom stereocenters. The van der Waals surface area contributed by atoms with Gasteiger partial charge in [0, 0.05) is 47.3 Å². The Morgan fingerprint density at radius 1 is 1.03 bits per heavy atom. The number of nitrogens with one attached hydrogen (secondary N) is 1. The number of hydrogen-bond acceptors (Lipinski definition) is 4. The van der Waals surface area contributed by atoms with E-state index in [0.29, 0.717) is 30.2 Å². The summed E-state index contributed by atoms with van der Waals surface area (Å²) in [6.07, 6.45) is 3.63. The average Bonchev–Trinajstić information content (AvgIpc) is 3.41. The van der Waals surface area contributed by atoms with Crippen LogP contribution in [0.25, 0.3) is 5.69 Å². The van der Waals surface area contributed by atoms with E-state index < -0.39 is 0 Å². The molecule has 7 nitrogen and oxygen atoms in total. The maximum Gasteiger partial charge on any atom is 0.257 e. The Bertz CT molecular complexity index is 1210. The largest absolute Gasteiger partial charge is 0.497 e. The van der Waals surface area contributed by atoms with Crippen LogP contribution in [0.1, 0.15) is 21.7 Å². The van der Waals surface area contributed by atoms with Crippen LogP contribution in [0.15, 0.2) is 73.1 Å². The standard InChI is InChI=1S/C25H26N4O3/c1-18-15-24(19(2)29(18)21-8-5-9-22(17-21)31-3)25(30)27-20-7-4-10-23(16-20)32-14-13-28-12-6-11-26-28/h4-12,15-17H,13-14H2,1-3H3,(H,27,30). The predicted octanol–water partition coefficient (Wildman–Crippen LogP) is 4.63. The molecule has 0 unspecified atom stereocenters. The van der Waals surface area contributed by atoms with Gasteiger partial charge in [0.05, 0.1) is 19.2 Å². The number of carbonyl (C=O) groups is 1. The van der Waals surface area contributed by atoms with E-state index in [0.717, 1.165) is 22.8 Å². The van der Waals surface area contributed by atoms with Crippen molar-refractivity contribution in [3.8, 4) is 17.2 Å². The van der Waals surface area contributed by atoms with Crippen LogP contribution < -0.4 is 14.8 Å². The number of rotatable bonds is 8. The average molecular weight is 431 g/mol. The summed E-state index contributed by atoms with van der Waals surface area (Å²) in [6.45, 7) is 5.06. The monoisotopic (exact) mass is 430 g/mol. The lowest BCUT2D eigenvalue weighted by atomic mass is 10.2. The van der Waals surface area contributed by atoms with Crippen LogP contribution in [-0.2, 0) is 6.54 Å². The number of nitrogens with zero attached hydrogens (tertiary/aromatic N) is 3. The van der Waals surface area contributed by atoms with Crippen molar-refractivity contribution in [2.24, 2.45) is 0 Å². The molecule has 0 spiro atoms. The van der Waals surface area contributed by atoms with Gasteiger partial charge in [0.25, 0.3) is 5.91 Å². The first-order valence-electron chi connectivity index (χ1n) is 10.4. The van der Waals surface area contributed by atoms with Gasteiger partial charge in [-0.05, 0) is 50.2 Å². The van der Waals surface area contributed by atoms with E-state index in [1.807, 2.05) is 90.0 Å². The third kappa shape index (κ3) is 4.67. The first kappa shape index (κ1) is 21.2. The van der Waals surface area contributed by atoms with Crippen LogP contribution in [-0.4, -0.2) is 34.0 Å². The molecule has 0 aliphatic carbocycles. The topological polar surface area (TPSA) is 70.3 Å². The summed E-state index contributed by atoms with van der Waals surface area (Å²) >= 11 is 0. The number of carbonyl (C=O) groups excluding carboxylic acids is 1. The van der Waals surface area contributed by atoms with E-state index in [-0.39, 0.29) is 5.91 Å². The molecule has 0 saturated heterocycles. The summed E-state index contributed by atoms with van der Waals surface area (Å²) < 4.78 is 15.0. The van der Waals surface area contributed by atoms with E-state index in [1.165, 1.54) is 0 Å². The van der Waals surface area contributed by atoms with Crippen LogP contribution in [0.5, 0.6) is 11.5 Å². The Labute approximate surface area is 187 Å². The smallest absolute Gasteiger partial charge is 0.257 e. The van der Waals surface area contributed by atoms with Crippen molar-refractivity contribution in [2.45, 2.75) is 20.4 Å². The fourth-order valence-electron chi connectivity index (χ4n) is 3.69. The minimum Gasteiger partial charge on any atom is -0.497 e. The summed E-state index contributed by atoms with van der Waals surface area (Å²) in [7, 11) is 1.64. The minimum atomic E-state index is -0.166. The lowest BCUT2D eigenvalue weighted by molar-refractivity contribution is 0.102. The number of anilines is 1. The molecule has 2 aromatic heterocycles. The van der Waals surface area contributed by atoms with Crippen molar-refractivity contribution in [1.29, 1.82) is 0 Å². The molecule has 0 aliphatic heterocycles. The molecule has 2 aromatic carbocycles. The van der Waals surface area contributed by atoms with Crippen LogP contribution in [0.2, 0.25) is 0 Å². The Morgan fingerprint density at radius 3 is 2.62 bits per heavy atom. The highest BCUT2D eigenvalue weighted by atomic mass is 16.5. The summed E-state index contributed by atoms with van der Waals surface area (Å²) in [5, 5.41) is 7.14. The third-order valence-electron chi connectivity index (χ3n) is 5.23. The maximum atomic E-state index is 13.0. The fraction of sp³-hybridized carbons (Fsp3) is 0.200. The van der Waals surface area contributed by atoms with E-state index in [1.54, 1.807) is 13.3 Å². The Balaban J connectivity index is 1.47. The lowest BCUT2D eigenvalue weighted by Crippen LogP contribution is -2.13. The van der Waals surface area contributed by atoms with Crippen molar-refractivity contribution in [3.63, 3.8) is 0 Å². The van der Waals surface area contributed by atoms with Gasteiger partial charge >= 0.3 is 0 Å². The highest BCUT2D eigenvalue weighted by molar-refractivity contribution is 6.05. The van der Waals surface area contributed by atoms with Gasteiger partial charge in [-0.25, -0.2) is 0 Å². The molecule has 4 rings (SSSR count). The first-order valence-corrected chi connectivity index (χ1v) is 10.4. The number of aromatic nitrogens is 3. The molecule has 2 heterocycles.